The third-order valence-corrected chi connectivity index (χ3v) is 8.40. The van der Waals surface area contributed by atoms with E-state index in [1.807, 2.05) is 78.9 Å². The van der Waals surface area contributed by atoms with Crippen LogP contribution in [0.2, 0.25) is 0 Å². The molecule has 38 heavy (non-hydrogen) atoms. The van der Waals surface area contributed by atoms with Gasteiger partial charge in [0.2, 0.25) is 11.8 Å². The fourth-order valence-electron chi connectivity index (χ4n) is 5.81. The molecule has 8 heteroatoms. The van der Waals surface area contributed by atoms with Gasteiger partial charge in [-0.1, -0.05) is 84.9 Å². The summed E-state index contributed by atoms with van der Waals surface area (Å²) in [6, 6.07) is 22.6. The average Bonchev–Trinajstić information content (AvgIpc) is 3.63. The standard InChI is InChI=1S/C30H25N3O4S/c34-27-23-24(28(35)33(27)15-6-9-19-7-2-1-3-8-19)30(29(36)37,32-25(23)26-31-14-16-38-26)18-20-12-13-21-10-4-5-11-22(21)17-20/h1-14,16-17,23-25,32H,15,18H2,(H,36,37)/b9-6-. The lowest BCUT2D eigenvalue weighted by Gasteiger charge is -2.31. The number of thiazole rings is 1. The lowest BCUT2D eigenvalue weighted by atomic mass is 9.76. The minimum atomic E-state index is -1.66. The first kappa shape index (κ1) is 24.2. The quantitative estimate of drug-likeness (QED) is 0.350. The number of benzene rings is 3. The first-order valence-electron chi connectivity index (χ1n) is 12.4. The van der Waals surface area contributed by atoms with Gasteiger partial charge in [0.05, 0.1) is 17.9 Å². The molecule has 7 nitrogen and oxygen atoms in total. The van der Waals surface area contributed by atoms with E-state index >= 15 is 0 Å². The zero-order valence-corrected chi connectivity index (χ0v) is 21.2. The van der Waals surface area contributed by atoms with Crippen molar-refractivity contribution < 1.29 is 19.5 Å². The maximum Gasteiger partial charge on any atom is 0.325 e. The van der Waals surface area contributed by atoms with Crippen LogP contribution < -0.4 is 5.32 Å². The molecule has 0 saturated carbocycles. The van der Waals surface area contributed by atoms with Gasteiger partial charge in [0.15, 0.2) is 0 Å². The van der Waals surface area contributed by atoms with Crippen LogP contribution in [-0.4, -0.2) is 44.9 Å². The van der Waals surface area contributed by atoms with Crippen LogP contribution in [0.15, 0.2) is 90.4 Å². The molecule has 2 saturated heterocycles. The number of hydrogen-bond acceptors (Lipinski definition) is 6. The van der Waals surface area contributed by atoms with Gasteiger partial charge in [0, 0.05) is 24.5 Å². The second-order valence-corrected chi connectivity index (χ2v) is 10.7. The molecular formula is C30H25N3O4S. The fraction of sp³-hybridized carbons (Fsp3) is 0.200. The smallest absolute Gasteiger partial charge is 0.325 e. The monoisotopic (exact) mass is 523 g/mol. The van der Waals surface area contributed by atoms with Crippen molar-refractivity contribution in [3.63, 3.8) is 0 Å². The van der Waals surface area contributed by atoms with E-state index in [4.69, 9.17) is 0 Å². The molecule has 2 aliphatic rings. The normalized spacial score (nSPS) is 24.9. The van der Waals surface area contributed by atoms with E-state index in [1.54, 1.807) is 17.7 Å². The number of aromatic nitrogens is 1. The molecule has 6 rings (SSSR count). The Labute approximate surface area is 223 Å². The Balaban J connectivity index is 1.38. The minimum Gasteiger partial charge on any atom is -0.480 e. The molecular weight excluding hydrogens is 498 g/mol. The summed E-state index contributed by atoms with van der Waals surface area (Å²) in [5.41, 5.74) is 0.0683. The van der Waals surface area contributed by atoms with Gasteiger partial charge in [-0.2, -0.15) is 0 Å². The number of aliphatic carboxylic acids is 1. The molecule has 0 aliphatic carbocycles. The van der Waals surface area contributed by atoms with Crippen molar-refractivity contribution in [3.05, 3.63) is 107 Å². The van der Waals surface area contributed by atoms with Crippen LogP contribution in [0, 0.1) is 11.8 Å². The molecule has 4 unspecified atom stereocenters. The lowest BCUT2D eigenvalue weighted by Crippen LogP contribution is -2.57. The SMILES string of the molecule is O=C1C2C(c3nccs3)NC(Cc3ccc4ccccc4c3)(C(=O)O)C2C(=O)N1C/C=C\c1ccccc1. The molecule has 1 aromatic heterocycles. The Morgan fingerprint density at radius 1 is 1.03 bits per heavy atom. The molecule has 0 spiro atoms. The van der Waals surface area contributed by atoms with Crippen molar-refractivity contribution >= 4 is 46.0 Å². The first-order chi connectivity index (χ1) is 18.5. The Morgan fingerprint density at radius 3 is 2.53 bits per heavy atom. The molecule has 2 amide bonds. The number of carbonyl (C=O) groups is 3. The number of fused-ring (bicyclic) bond motifs is 2. The van der Waals surface area contributed by atoms with Crippen molar-refractivity contribution in [1.29, 1.82) is 0 Å². The third-order valence-electron chi connectivity index (χ3n) is 7.54. The number of imide groups is 1. The summed E-state index contributed by atoms with van der Waals surface area (Å²) in [4.78, 5) is 46.1. The molecule has 2 N–H and O–H groups in total. The summed E-state index contributed by atoms with van der Waals surface area (Å²) in [5.74, 6) is -3.89. The molecule has 190 valence electrons. The number of carboxylic acids is 1. The number of carbonyl (C=O) groups excluding carboxylic acids is 2. The average molecular weight is 524 g/mol. The molecule has 0 bridgehead atoms. The second kappa shape index (κ2) is 9.63. The fourth-order valence-corrected chi connectivity index (χ4v) is 6.54. The molecule has 4 aromatic rings. The van der Waals surface area contributed by atoms with Crippen molar-refractivity contribution in [3.8, 4) is 0 Å². The number of amides is 2. The van der Waals surface area contributed by atoms with Gasteiger partial charge < -0.3 is 5.11 Å². The predicted octanol–water partition coefficient (Wildman–Crippen LogP) is 4.32. The maximum atomic E-state index is 13.8. The van der Waals surface area contributed by atoms with Crippen molar-refractivity contribution in [2.75, 3.05) is 6.54 Å². The van der Waals surface area contributed by atoms with E-state index in [0.717, 1.165) is 21.9 Å². The van der Waals surface area contributed by atoms with Crippen LogP contribution in [0.3, 0.4) is 0 Å². The van der Waals surface area contributed by atoms with Crippen molar-refractivity contribution in [2.45, 2.75) is 18.0 Å². The van der Waals surface area contributed by atoms with Gasteiger partial charge in [-0.25, -0.2) is 4.98 Å². The molecule has 2 fully saturated rings. The summed E-state index contributed by atoms with van der Waals surface area (Å²) in [5, 5.41) is 18.3. The predicted molar refractivity (Wildman–Crippen MR) is 145 cm³/mol. The highest BCUT2D eigenvalue weighted by molar-refractivity contribution is 7.09. The van der Waals surface area contributed by atoms with E-state index < -0.39 is 35.3 Å². The number of rotatable bonds is 7. The van der Waals surface area contributed by atoms with Crippen LogP contribution in [0.25, 0.3) is 16.8 Å². The van der Waals surface area contributed by atoms with E-state index in [2.05, 4.69) is 10.3 Å². The lowest BCUT2D eigenvalue weighted by molar-refractivity contribution is -0.151. The minimum absolute atomic E-state index is 0.0585. The Bertz CT molecular complexity index is 1550. The number of carboxylic acid groups (broad SMARTS) is 1. The molecule has 0 radical (unpaired) electrons. The highest BCUT2D eigenvalue weighted by atomic mass is 32.1. The second-order valence-electron chi connectivity index (χ2n) is 9.73. The topological polar surface area (TPSA) is 99.6 Å². The van der Waals surface area contributed by atoms with E-state index in [9.17, 15) is 19.5 Å². The Kier molecular flexibility index (Phi) is 6.13. The van der Waals surface area contributed by atoms with E-state index in [1.165, 1.54) is 16.2 Å². The van der Waals surface area contributed by atoms with Gasteiger partial charge in [0.1, 0.15) is 10.5 Å². The largest absolute Gasteiger partial charge is 0.480 e. The van der Waals surface area contributed by atoms with E-state index in [-0.39, 0.29) is 18.9 Å². The van der Waals surface area contributed by atoms with Crippen molar-refractivity contribution in [1.82, 2.24) is 15.2 Å². The summed E-state index contributed by atoms with van der Waals surface area (Å²) >= 11 is 1.35. The van der Waals surface area contributed by atoms with Gasteiger partial charge >= 0.3 is 5.97 Å². The summed E-state index contributed by atoms with van der Waals surface area (Å²) < 4.78 is 0. The van der Waals surface area contributed by atoms with Crippen LogP contribution in [0.4, 0.5) is 0 Å². The molecule has 3 aromatic carbocycles. The highest BCUT2D eigenvalue weighted by Crippen LogP contribution is 2.50. The summed E-state index contributed by atoms with van der Waals surface area (Å²) in [6.45, 7) is 0.0792. The zero-order chi connectivity index (χ0) is 26.3. The number of nitrogens with one attached hydrogen (secondary N) is 1. The highest BCUT2D eigenvalue weighted by Gasteiger charge is 2.68. The van der Waals surface area contributed by atoms with Gasteiger partial charge in [-0.05, 0) is 21.9 Å². The summed E-state index contributed by atoms with van der Waals surface area (Å²) in [7, 11) is 0. The zero-order valence-electron chi connectivity index (χ0n) is 20.4. The van der Waals surface area contributed by atoms with Gasteiger partial charge in [0.25, 0.3) is 0 Å². The first-order valence-corrected chi connectivity index (χ1v) is 13.3. The number of nitrogens with zero attached hydrogens (tertiary/aromatic N) is 2. The molecule has 4 atom stereocenters. The Hall–Kier alpha value is -4.14. The van der Waals surface area contributed by atoms with Crippen LogP contribution in [0.1, 0.15) is 22.2 Å². The number of hydrogen-bond donors (Lipinski definition) is 2. The van der Waals surface area contributed by atoms with Crippen LogP contribution >= 0.6 is 11.3 Å². The van der Waals surface area contributed by atoms with Gasteiger partial charge in [-0.3, -0.25) is 24.6 Å². The number of likely N-dealkylation sites (tertiary alicyclic amines) is 1. The van der Waals surface area contributed by atoms with Crippen molar-refractivity contribution in [2.24, 2.45) is 11.8 Å². The summed E-state index contributed by atoms with van der Waals surface area (Å²) in [6.07, 6.45) is 5.31. The van der Waals surface area contributed by atoms with Crippen LogP contribution in [-0.2, 0) is 20.8 Å². The molecule has 2 aliphatic heterocycles. The molecule has 3 heterocycles. The maximum absolute atomic E-state index is 13.8. The van der Waals surface area contributed by atoms with Crippen LogP contribution in [0.5, 0.6) is 0 Å². The third kappa shape index (κ3) is 4.02. The van der Waals surface area contributed by atoms with Gasteiger partial charge in [-0.15, -0.1) is 11.3 Å². The van der Waals surface area contributed by atoms with E-state index in [0.29, 0.717) is 5.01 Å². The Morgan fingerprint density at radius 2 is 1.79 bits per heavy atom.